The first-order valence-corrected chi connectivity index (χ1v) is 9.44. The van der Waals surface area contributed by atoms with Crippen LogP contribution >= 0.6 is 34.0 Å². The molecule has 2 N–H and O–H groups in total. The van der Waals surface area contributed by atoms with Crippen molar-refractivity contribution < 1.29 is 4.79 Å². The fourth-order valence-corrected chi connectivity index (χ4v) is 4.91. The smallest absolute Gasteiger partial charge is 0.321 e. The van der Waals surface area contributed by atoms with Gasteiger partial charge in [0.05, 0.1) is 32.0 Å². The number of rotatable bonds is 3. The van der Waals surface area contributed by atoms with Gasteiger partial charge in [-0.15, -0.1) is 22.7 Å². The number of aryl methyl sites for hydroxylation is 1. The quantitative estimate of drug-likeness (QED) is 0.561. The summed E-state index contributed by atoms with van der Waals surface area (Å²) < 4.78 is 2.20. The summed E-state index contributed by atoms with van der Waals surface area (Å²) in [5.74, 6) is 0. The Morgan fingerprint density at radius 1 is 1.13 bits per heavy atom. The molecule has 116 valence electrons. The predicted molar refractivity (Wildman–Crippen MR) is 97.7 cm³/mol. The molecule has 5 nitrogen and oxygen atoms in total. The number of nitrogens with zero attached hydrogens (tertiary/aromatic N) is 2. The molecule has 0 bridgehead atoms. The molecular weight excluding hydrogens is 348 g/mol. The SMILES string of the molecule is Cc1nc2ccc3nc(NC(=O)NCc4cccs4)sc3c2s1. The molecule has 0 spiro atoms. The van der Waals surface area contributed by atoms with Crippen molar-refractivity contribution in [2.45, 2.75) is 13.5 Å². The number of amides is 2. The molecule has 4 rings (SSSR count). The maximum atomic E-state index is 12.0. The summed E-state index contributed by atoms with van der Waals surface area (Å²) in [5.41, 5.74) is 1.87. The van der Waals surface area contributed by atoms with Crippen molar-refractivity contribution in [1.29, 1.82) is 0 Å². The van der Waals surface area contributed by atoms with Crippen LogP contribution in [0.5, 0.6) is 0 Å². The van der Waals surface area contributed by atoms with Crippen LogP contribution in [0, 0.1) is 6.92 Å². The van der Waals surface area contributed by atoms with Gasteiger partial charge in [0.25, 0.3) is 0 Å². The molecule has 2 amide bonds. The average Bonchev–Trinajstić information content (AvgIpc) is 3.22. The van der Waals surface area contributed by atoms with Gasteiger partial charge >= 0.3 is 6.03 Å². The minimum absolute atomic E-state index is 0.241. The van der Waals surface area contributed by atoms with E-state index in [0.29, 0.717) is 11.7 Å². The van der Waals surface area contributed by atoms with Crippen LogP contribution in [0.1, 0.15) is 9.88 Å². The minimum atomic E-state index is -0.241. The van der Waals surface area contributed by atoms with E-state index in [9.17, 15) is 4.79 Å². The number of nitrogens with one attached hydrogen (secondary N) is 2. The van der Waals surface area contributed by atoms with Crippen molar-refractivity contribution in [3.05, 3.63) is 39.5 Å². The molecule has 0 aliphatic carbocycles. The number of anilines is 1. The number of aromatic nitrogens is 2. The van der Waals surface area contributed by atoms with E-state index in [0.717, 1.165) is 30.3 Å². The van der Waals surface area contributed by atoms with Gasteiger partial charge in [-0.1, -0.05) is 17.4 Å². The Bertz CT molecular complexity index is 987. The summed E-state index contributed by atoms with van der Waals surface area (Å²) in [6.07, 6.45) is 0. The molecular formula is C15H12N4OS3. The summed E-state index contributed by atoms with van der Waals surface area (Å²) in [6.45, 7) is 2.52. The molecule has 0 atom stereocenters. The van der Waals surface area contributed by atoms with E-state index in [-0.39, 0.29) is 6.03 Å². The molecule has 0 aliphatic heterocycles. The topological polar surface area (TPSA) is 66.9 Å². The van der Waals surface area contributed by atoms with Crippen LogP contribution < -0.4 is 10.6 Å². The van der Waals surface area contributed by atoms with Crippen molar-refractivity contribution in [3.63, 3.8) is 0 Å². The second-order valence-corrected chi connectivity index (χ2v) is 8.14. The fraction of sp³-hybridized carbons (Fsp3) is 0.133. The summed E-state index contributed by atoms with van der Waals surface area (Å²) in [7, 11) is 0. The van der Waals surface area contributed by atoms with Crippen molar-refractivity contribution in [2.75, 3.05) is 5.32 Å². The van der Waals surface area contributed by atoms with Crippen LogP contribution in [0.4, 0.5) is 9.93 Å². The zero-order chi connectivity index (χ0) is 15.8. The summed E-state index contributed by atoms with van der Waals surface area (Å²) in [5, 5.41) is 9.27. The van der Waals surface area contributed by atoms with Gasteiger partial charge in [0, 0.05) is 4.88 Å². The Morgan fingerprint density at radius 2 is 1.91 bits per heavy atom. The molecule has 0 unspecified atom stereocenters. The largest absolute Gasteiger partial charge is 0.333 e. The average molecular weight is 360 g/mol. The predicted octanol–water partition coefficient (Wildman–Crippen LogP) is 4.60. The Hall–Kier alpha value is -2.03. The molecule has 4 aromatic rings. The first-order valence-electron chi connectivity index (χ1n) is 6.93. The lowest BCUT2D eigenvalue weighted by Gasteiger charge is -2.03. The van der Waals surface area contributed by atoms with Gasteiger partial charge in [-0.05, 0) is 30.5 Å². The van der Waals surface area contributed by atoms with Crippen LogP contribution in [0.15, 0.2) is 29.6 Å². The number of carbonyl (C=O) groups is 1. The van der Waals surface area contributed by atoms with Crippen LogP contribution in [0.3, 0.4) is 0 Å². The maximum Gasteiger partial charge on any atom is 0.321 e. The van der Waals surface area contributed by atoms with Gasteiger partial charge in [0.1, 0.15) is 0 Å². The standard InChI is InChI=1S/C15H12N4OS3/c1-8-17-10-4-5-11-13(12(10)22-8)23-15(18-11)19-14(20)16-7-9-3-2-6-21-9/h2-6H,7H2,1H3,(H2,16,18,19,20). The van der Waals surface area contributed by atoms with E-state index in [1.165, 1.54) is 11.3 Å². The highest BCUT2D eigenvalue weighted by molar-refractivity contribution is 7.28. The highest BCUT2D eigenvalue weighted by Crippen LogP contribution is 2.35. The van der Waals surface area contributed by atoms with Crippen LogP contribution in [-0.4, -0.2) is 16.0 Å². The maximum absolute atomic E-state index is 12.0. The fourth-order valence-electron chi connectivity index (χ4n) is 2.26. The van der Waals surface area contributed by atoms with Crippen LogP contribution in [-0.2, 0) is 6.54 Å². The van der Waals surface area contributed by atoms with Gasteiger partial charge < -0.3 is 5.32 Å². The van der Waals surface area contributed by atoms with Gasteiger partial charge in [-0.3, -0.25) is 5.32 Å². The molecule has 0 saturated heterocycles. The lowest BCUT2D eigenvalue weighted by Crippen LogP contribution is -2.27. The molecule has 23 heavy (non-hydrogen) atoms. The number of hydrogen-bond donors (Lipinski definition) is 2. The number of thiophene rings is 1. The third-order valence-electron chi connectivity index (χ3n) is 3.24. The second-order valence-electron chi connectivity index (χ2n) is 4.90. The Labute approximate surface area is 144 Å². The molecule has 0 fully saturated rings. The van der Waals surface area contributed by atoms with Crippen molar-refractivity contribution in [2.24, 2.45) is 0 Å². The number of carbonyl (C=O) groups excluding carboxylic acids is 1. The summed E-state index contributed by atoms with van der Waals surface area (Å²) in [4.78, 5) is 22.1. The number of urea groups is 1. The monoisotopic (exact) mass is 360 g/mol. The third kappa shape index (κ3) is 2.92. The number of benzene rings is 1. The minimum Gasteiger partial charge on any atom is -0.333 e. The molecule has 0 saturated carbocycles. The van der Waals surface area contributed by atoms with Gasteiger partial charge in [-0.25, -0.2) is 14.8 Å². The Kier molecular flexibility index (Phi) is 3.72. The van der Waals surface area contributed by atoms with E-state index in [4.69, 9.17) is 0 Å². The molecule has 0 radical (unpaired) electrons. The first-order chi connectivity index (χ1) is 11.2. The molecule has 0 aliphatic rings. The van der Waals surface area contributed by atoms with Crippen LogP contribution in [0.2, 0.25) is 0 Å². The highest BCUT2D eigenvalue weighted by Gasteiger charge is 2.12. The summed E-state index contributed by atoms with van der Waals surface area (Å²) in [6, 6.07) is 7.64. The lowest BCUT2D eigenvalue weighted by atomic mass is 10.3. The van der Waals surface area contributed by atoms with E-state index in [1.54, 1.807) is 22.7 Å². The van der Waals surface area contributed by atoms with E-state index >= 15 is 0 Å². The normalized spacial score (nSPS) is 11.2. The summed E-state index contributed by atoms with van der Waals surface area (Å²) >= 11 is 4.75. The third-order valence-corrected chi connectivity index (χ3v) is 6.26. The number of hydrogen-bond acceptors (Lipinski definition) is 6. The van der Waals surface area contributed by atoms with Crippen LogP contribution in [0.25, 0.3) is 20.4 Å². The first kappa shape index (κ1) is 14.6. The lowest BCUT2D eigenvalue weighted by molar-refractivity contribution is 0.252. The van der Waals surface area contributed by atoms with E-state index in [1.807, 2.05) is 36.6 Å². The zero-order valence-electron chi connectivity index (χ0n) is 12.1. The van der Waals surface area contributed by atoms with Gasteiger partial charge in [0.15, 0.2) is 5.13 Å². The van der Waals surface area contributed by atoms with E-state index in [2.05, 4.69) is 20.6 Å². The van der Waals surface area contributed by atoms with Crippen molar-refractivity contribution >= 4 is 65.6 Å². The highest BCUT2D eigenvalue weighted by atomic mass is 32.1. The van der Waals surface area contributed by atoms with Gasteiger partial charge in [-0.2, -0.15) is 0 Å². The van der Waals surface area contributed by atoms with Crippen molar-refractivity contribution in [1.82, 2.24) is 15.3 Å². The van der Waals surface area contributed by atoms with E-state index < -0.39 is 0 Å². The van der Waals surface area contributed by atoms with Crippen molar-refractivity contribution in [3.8, 4) is 0 Å². The second kappa shape index (κ2) is 5.88. The molecule has 1 aromatic carbocycles. The molecule has 8 heteroatoms. The molecule has 3 heterocycles. The van der Waals surface area contributed by atoms with Gasteiger partial charge in [0.2, 0.25) is 0 Å². The zero-order valence-corrected chi connectivity index (χ0v) is 14.6. The number of fused-ring (bicyclic) bond motifs is 3. The Morgan fingerprint density at radius 3 is 2.70 bits per heavy atom. The number of thiazole rings is 2. The molecule has 3 aromatic heterocycles. The Balaban J connectivity index is 1.54.